The lowest BCUT2D eigenvalue weighted by molar-refractivity contribution is -0.384. The summed E-state index contributed by atoms with van der Waals surface area (Å²) in [6.07, 6.45) is 0. The first-order valence-corrected chi connectivity index (χ1v) is 8.03. The van der Waals surface area contributed by atoms with Crippen LogP contribution in [0.4, 0.5) is 11.4 Å². The van der Waals surface area contributed by atoms with E-state index in [1.807, 2.05) is 38.1 Å². The van der Waals surface area contributed by atoms with Gasteiger partial charge in [0.15, 0.2) is 11.5 Å². The third-order valence-electron chi connectivity index (χ3n) is 3.50. The largest absolute Gasteiger partial charge is 0.497 e. The lowest BCUT2D eigenvalue weighted by atomic mass is 10.2. The van der Waals surface area contributed by atoms with Gasteiger partial charge in [-0.15, -0.1) is 0 Å². The smallest absolute Gasteiger partial charge is 0.296 e. The van der Waals surface area contributed by atoms with Gasteiger partial charge >= 0.3 is 0 Å². The summed E-state index contributed by atoms with van der Waals surface area (Å²) in [4.78, 5) is 11.0. The second-order valence-electron chi connectivity index (χ2n) is 5.14. The number of benzene rings is 2. The number of rotatable bonds is 9. The molecule has 0 aliphatic rings. The van der Waals surface area contributed by atoms with Crippen LogP contribution < -0.4 is 19.5 Å². The van der Waals surface area contributed by atoms with Crippen molar-refractivity contribution in [3.63, 3.8) is 0 Å². The number of nitro benzene ring substituents is 1. The van der Waals surface area contributed by atoms with Crippen LogP contribution in [0.1, 0.15) is 19.4 Å². The summed E-state index contributed by atoms with van der Waals surface area (Å²) in [7, 11) is 1.60. The van der Waals surface area contributed by atoms with Crippen LogP contribution in [0.5, 0.6) is 17.2 Å². The molecular weight excluding hydrogens is 324 g/mol. The molecule has 0 fully saturated rings. The first-order chi connectivity index (χ1) is 12.1. The molecule has 0 spiro atoms. The molecule has 2 aromatic carbocycles. The summed E-state index contributed by atoms with van der Waals surface area (Å²) < 4.78 is 16.1. The van der Waals surface area contributed by atoms with Crippen LogP contribution in [0.3, 0.4) is 0 Å². The maximum absolute atomic E-state index is 11.4. The number of anilines is 1. The molecule has 1 N–H and O–H groups in total. The molecular formula is C18H22N2O5. The number of nitrogens with one attached hydrogen (secondary N) is 1. The van der Waals surface area contributed by atoms with Gasteiger partial charge in [0.2, 0.25) is 0 Å². The van der Waals surface area contributed by atoms with Gasteiger partial charge < -0.3 is 19.5 Å². The van der Waals surface area contributed by atoms with Gasteiger partial charge in [-0.1, -0.05) is 12.1 Å². The average Bonchev–Trinajstić information content (AvgIpc) is 2.62. The molecule has 0 atom stereocenters. The van der Waals surface area contributed by atoms with Crippen molar-refractivity contribution in [3.8, 4) is 17.2 Å². The Morgan fingerprint density at radius 2 is 1.64 bits per heavy atom. The maximum Gasteiger partial charge on any atom is 0.296 e. The van der Waals surface area contributed by atoms with E-state index < -0.39 is 4.92 Å². The molecule has 0 amide bonds. The van der Waals surface area contributed by atoms with Crippen LogP contribution in [0.25, 0.3) is 0 Å². The van der Waals surface area contributed by atoms with Crippen molar-refractivity contribution in [2.24, 2.45) is 0 Å². The van der Waals surface area contributed by atoms with Gasteiger partial charge in [0, 0.05) is 12.6 Å². The summed E-state index contributed by atoms with van der Waals surface area (Å²) in [5.41, 5.74) is 1.30. The molecule has 0 saturated heterocycles. The lowest BCUT2D eigenvalue weighted by Gasteiger charge is -2.14. The highest BCUT2D eigenvalue weighted by molar-refractivity contribution is 5.68. The Morgan fingerprint density at radius 1 is 1.04 bits per heavy atom. The molecule has 0 radical (unpaired) electrons. The third-order valence-corrected chi connectivity index (χ3v) is 3.50. The van der Waals surface area contributed by atoms with E-state index in [0.717, 1.165) is 11.3 Å². The van der Waals surface area contributed by atoms with Crippen LogP contribution >= 0.6 is 0 Å². The zero-order valence-electron chi connectivity index (χ0n) is 14.6. The van der Waals surface area contributed by atoms with E-state index in [4.69, 9.17) is 14.2 Å². The molecule has 0 heterocycles. The molecule has 2 aromatic rings. The molecule has 25 heavy (non-hydrogen) atoms. The predicted molar refractivity (Wildman–Crippen MR) is 95.8 cm³/mol. The summed E-state index contributed by atoms with van der Waals surface area (Å²) in [5, 5.41) is 14.5. The molecule has 0 aliphatic carbocycles. The zero-order valence-corrected chi connectivity index (χ0v) is 14.6. The van der Waals surface area contributed by atoms with Crippen LogP contribution in [-0.2, 0) is 6.54 Å². The summed E-state index contributed by atoms with van der Waals surface area (Å²) in [6, 6.07) is 10.5. The molecule has 7 heteroatoms. The first kappa shape index (κ1) is 18.4. The third kappa shape index (κ3) is 4.76. The molecule has 134 valence electrons. The van der Waals surface area contributed by atoms with Gasteiger partial charge in [-0.3, -0.25) is 10.1 Å². The Balaban J connectivity index is 2.27. The Hall–Kier alpha value is -2.96. The minimum atomic E-state index is -0.436. The van der Waals surface area contributed by atoms with E-state index >= 15 is 0 Å². The van der Waals surface area contributed by atoms with E-state index in [9.17, 15) is 10.1 Å². The highest BCUT2D eigenvalue weighted by atomic mass is 16.6. The molecule has 0 aromatic heterocycles. The van der Waals surface area contributed by atoms with Crippen LogP contribution in [0, 0.1) is 10.1 Å². The number of nitrogens with zero attached hydrogens (tertiary/aromatic N) is 1. The normalized spacial score (nSPS) is 10.2. The molecule has 7 nitrogen and oxygen atoms in total. The SMILES string of the molecule is CCOc1cc(NCc2ccc(OC)cc2)c([N+](=O)[O-])cc1OCC. The quantitative estimate of drug-likeness (QED) is 0.545. The number of methoxy groups -OCH3 is 1. The van der Waals surface area contributed by atoms with Crippen molar-refractivity contribution in [1.82, 2.24) is 0 Å². The maximum atomic E-state index is 11.4. The van der Waals surface area contributed by atoms with Crippen molar-refractivity contribution in [3.05, 3.63) is 52.1 Å². The number of ether oxygens (including phenoxy) is 3. The number of nitro groups is 1. The molecule has 2 rings (SSSR count). The lowest BCUT2D eigenvalue weighted by Crippen LogP contribution is -2.05. The minimum Gasteiger partial charge on any atom is -0.497 e. The van der Waals surface area contributed by atoms with E-state index in [-0.39, 0.29) is 5.69 Å². The zero-order chi connectivity index (χ0) is 18.2. The summed E-state index contributed by atoms with van der Waals surface area (Å²) in [6.45, 7) is 4.94. The molecule has 0 aliphatic heterocycles. The Bertz CT molecular complexity index is 716. The van der Waals surface area contributed by atoms with E-state index in [0.29, 0.717) is 36.9 Å². The second kappa shape index (κ2) is 8.77. The standard InChI is InChI=1S/C18H22N2O5/c1-4-24-17-10-15(16(20(21)22)11-18(17)25-5-2)19-12-13-6-8-14(23-3)9-7-13/h6-11,19H,4-5,12H2,1-3H3. The second-order valence-corrected chi connectivity index (χ2v) is 5.14. The van der Waals surface area contributed by atoms with Crippen LogP contribution in [-0.4, -0.2) is 25.2 Å². The van der Waals surface area contributed by atoms with E-state index in [1.165, 1.54) is 6.07 Å². The topological polar surface area (TPSA) is 82.9 Å². The van der Waals surface area contributed by atoms with Gasteiger partial charge in [0.1, 0.15) is 11.4 Å². The van der Waals surface area contributed by atoms with Crippen LogP contribution in [0.15, 0.2) is 36.4 Å². The minimum absolute atomic E-state index is 0.0552. The monoisotopic (exact) mass is 346 g/mol. The Morgan fingerprint density at radius 3 is 2.16 bits per heavy atom. The van der Waals surface area contributed by atoms with Crippen molar-refractivity contribution in [2.75, 3.05) is 25.6 Å². The molecule has 0 bridgehead atoms. The van der Waals surface area contributed by atoms with Gasteiger partial charge in [-0.2, -0.15) is 0 Å². The van der Waals surface area contributed by atoms with Crippen molar-refractivity contribution in [2.45, 2.75) is 20.4 Å². The summed E-state index contributed by atoms with van der Waals surface area (Å²) in [5.74, 6) is 1.60. The first-order valence-electron chi connectivity index (χ1n) is 8.03. The van der Waals surface area contributed by atoms with Gasteiger partial charge in [0.05, 0.1) is 31.3 Å². The van der Waals surface area contributed by atoms with Crippen LogP contribution in [0.2, 0.25) is 0 Å². The van der Waals surface area contributed by atoms with Gasteiger partial charge in [-0.05, 0) is 31.5 Å². The van der Waals surface area contributed by atoms with Gasteiger partial charge in [-0.25, -0.2) is 0 Å². The predicted octanol–water partition coefficient (Wildman–Crippen LogP) is 4.01. The number of hydrogen-bond donors (Lipinski definition) is 1. The Labute approximate surface area is 146 Å². The average molecular weight is 346 g/mol. The number of hydrogen-bond acceptors (Lipinski definition) is 6. The molecule has 0 unspecified atom stereocenters. The summed E-state index contributed by atoms with van der Waals surface area (Å²) >= 11 is 0. The van der Waals surface area contributed by atoms with E-state index in [2.05, 4.69) is 5.32 Å². The fourth-order valence-electron chi connectivity index (χ4n) is 2.32. The molecule has 0 saturated carbocycles. The fourth-order valence-corrected chi connectivity index (χ4v) is 2.32. The highest BCUT2D eigenvalue weighted by Gasteiger charge is 2.20. The van der Waals surface area contributed by atoms with Crippen molar-refractivity contribution in [1.29, 1.82) is 0 Å². The van der Waals surface area contributed by atoms with Crippen molar-refractivity contribution < 1.29 is 19.1 Å². The van der Waals surface area contributed by atoms with Gasteiger partial charge in [0.25, 0.3) is 5.69 Å². The fraction of sp³-hybridized carbons (Fsp3) is 0.333. The highest BCUT2D eigenvalue weighted by Crippen LogP contribution is 2.38. The van der Waals surface area contributed by atoms with Crippen molar-refractivity contribution >= 4 is 11.4 Å². The van der Waals surface area contributed by atoms with E-state index in [1.54, 1.807) is 13.2 Å². The Kier molecular flexibility index (Phi) is 6.45.